The van der Waals surface area contributed by atoms with E-state index in [9.17, 15) is 9.59 Å². The van der Waals surface area contributed by atoms with E-state index in [1.54, 1.807) is 24.3 Å². The molecule has 2 N–H and O–H groups in total. The van der Waals surface area contributed by atoms with Crippen LogP contribution in [0.1, 0.15) is 30.6 Å². The zero-order chi connectivity index (χ0) is 21.3. The van der Waals surface area contributed by atoms with Crippen LogP contribution < -0.4 is 15.6 Å². The van der Waals surface area contributed by atoms with Gasteiger partial charge in [-0.2, -0.15) is 0 Å². The molecule has 3 rings (SSSR count). The highest BCUT2D eigenvalue weighted by Crippen LogP contribution is 2.20. The van der Waals surface area contributed by atoms with Crippen LogP contribution in [-0.2, 0) is 11.2 Å². The van der Waals surface area contributed by atoms with Crippen molar-refractivity contribution in [3.8, 4) is 17.1 Å². The van der Waals surface area contributed by atoms with Gasteiger partial charge in [0.25, 0.3) is 5.56 Å². The highest BCUT2D eigenvalue weighted by Gasteiger charge is 2.12. The van der Waals surface area contributed by atoms with Gasteiger partial charge in [0.1, 0.15) is 18.1 Å². The number of carbonyl (C=O) groups is 1. The minimum absolute atomic E-state index is 0.110. The molecule has 0 aliphatic rings. The molecule has 154 valence electrons. The number of hydrogen-bond acceptors (Lipinski definition) is 5. The van der Waals surface area contributed by atoms with Crippen LogP contribution in [0.4, 0.5) is 0 Å². The minimum Gasteiger partial charge on any atom is -0.490 e. The van der Waals surface area contributed by atoms with Gasteiger partial charge in [0.05, 0.1) is 6.04 Å². The molecule has 3 aromatic rings. The van der Waals surface area contributed by atoms with Gasteiger partial charge in [-0.1, -0.05) is 55.1 Å². The van der Waals surface area contributed by atoms with Crippen molar-refractivity contribution in [3.63, 3.8) is 0 Å². The predicted molar refractivity (Wildman–Crippen MR) is 115 cm³/mol. The number of amides is 1. The molecule has 2 aromatic carbocycles. The number of aromatic amines is 1. The molecule has 0 fully saturated rings. The average molecular weight is 404 g/mol. The molecule has 1 heterocycles. The lowest BCUT2D eigenvalue weighted by molar-refractivity contribution is -0.121. The van der Waals surface area contributed by atoms with Crippen molar-refractivity contribution in [1.29, 1.82) is 0 Å². The van der Waals surface area contributed by atoms with Gasteiger partial charge in [-0.25, -0.2) is 0 Å². The first kappa shape index (κ1) is 21.0. The Morgan fingerprint density at radius 3 is 2.73 bits per heavy atom. The second-order valence-electron chi connectivity index (χ2n) is 6.78. The van der Waals surface area contributed by atoms with E-state index in [1.165, 1.54) is 0 Å². The molecule has 0 aliphatic carbocycles. The number of nitrogens with zero attached hydrogens (tertiary/aromatic N) is 2. The van der Waals surface area contributed by atoms with Gasteiger partial charge in [-0.3, -0.25) is 9.59 Å². The molecular weight excluding hydrogens is 380 g/mol. The summed E-state index contributed by atoms with van der Waals surface area (Å²) in [5.41, 5.74) is 1.57. The molecular formula is C23H24N4O3. The Balaban J connectivity index is 1.61. The van der Waals surface area contributed by atoms with Crippen molar-refractivity contribution in [1.82, 2.24) is 20.5 Å². The Morgan fingerprint density at radius 2 is 2.00 bits per heavy atom. The number of H-pyrrole nitrogens is 1. The summed E-state index contributed by atoms with van der Waals surface area (Å²) in [6.45, 7) is 5.92. The third-order valence-electron chi connectivity index (χ3n) is 4.51. The summed E-state index contributed by atoms with van der Waals surface area (Å²) in [5.74, 6) is 0.835. The summed E-state index contributed by atoms with van der Waals surface area (Å²) in [6, 6.07) is 16.8. The van der Waals surface area contributed by atoms with Gasteiger partial charge < -0.3 is 15.0 Å². The lowest BCUT2D eigenvalue weighted by atomic mass is 10.1. The Morgan fingerprint density at radius 1 is 1.20 bits per heavy atom. The maximum absolute atomic E-state index is 12.4. The third-order valence-corrected chi connectivity index (χ3v) is 4.51. The van der Waals surface area contributed by atoms with Crippen LogP contribution in [0, 0.1) is 0 Å². The Kier molecular flexibility index (Phi) is 7.10. The highest BCUT2D eigenvalue weighted by atomic mass is 16.5. The molecule has 0 saturated heterocycles. The maximum atomic E-state index is 12.4. The lowest BCUT2D eigenvalue weighted by Crippen LogP contribution is -2.28. The van der Waals surface area contributed by atoms with Crippen molar-refractivity contribution >= 4 is 5.91 Å². The van der Waals surface area contributed by atoms with Crippen molar-refractivity contribution in [2.24, 2.45) is 0 Å². The van der Waals surface area contributed by atoms with Gasteiger partial charge >= 0.3 is 0 Å². The Hall–Kier alpha value is -3.74. The van der Waals surface area contributed by atoms with E-state index in [4.69, 9.17) is 4.74 Å². The number of benzene rings is 2. The molecule has 1 aromatic heterocycles. The first-order chi connectivity index (χ1) is 14.6. The fourth-order valence-electron chi connectivity index (χ4n) is 2.91. The average Bonchev–Trinajstić information content (AvgIpc) is 2.77. The zero-order valence-corrected chi connectivity index (χ0v) is 16.8. The van der Waals surface area contributed by atoms with Crippen LogP contribution in [0.25, 0.3) is 11.4 Å². The Labute approximate surface area is 174 Å². The van der Waals surface area contributed by atoms with E-state index in [0.717, 1.165) is 5.56 Å². The van der Waals surface area contributed by atoms with Gasteiger partial charge in [0, 0.05) is 18.4 Å². The fraction of sp³-hybridized carbons (Fsp3) is 0.217. The molecule has 30 heavy (non-hydrogen) atoms. The van der Waals surface area contributed by atoms with E-state index in [0.29, 0.717) is 23.7 Å². The van der Waals surface area contributed by atoms with Crippen LogP contribution in [0.2, 0.25) is 0 Å². The van der Waals surface area contributed by atoms with Crippen LogP contribution in [0.3, 0.4) is 0 Å². The number of hydrogen-bond donors (Lipinski definition) is 2. The van der Waals surface area contributed by atoms with Crippen molar-refractivity contribution in [2.45, 2.75) is 25.8 Å². The summed E-state index contributed by atoms with van der Waals surface area (Å²) >= 11 is 0. The van der Waals surface area contributed by atoms with E-state index in [2.05, 4.69) is 27.1 Å². The van der Waals surface area contributed by atoms with E-state index >= 15 is 0 Å². The van der Waals surface area contributed by atoms with Crippen molar-refractivity contribution < 1.29 is 9.53 Å². The molecule has 1 amide bonds. The highest BCUT2D eigenvalue weighted by molar-refractivity contribution is 5.76. The largest absolute Gasteiger partial charge is 0.490 e. The van der Waals surface area contributed by atoms with Gasteiger partial charge in [-0.05, 0) is 24.6 Å². The first-order valence-corrected chi connectivity index (χ1v) is 9.71. The summed E-state index contributed by atoms with van der Waals surface area (Å²) in [5, 5.41) is 11.1. The predicted octanol–water partition coefficient (Wildman–Crippen LogP) is 3.21. The third kappa shape index (κ3) is 5.64. The van der Waals surface area contributed by atoms with Gasteiger partial charge in [0.2, 0.25) is 5.91 Å². The van der Waals surface area contributed by atoms with E-state index in [1.807, 2.05) is 43.3 Å². The zero-order valence-electron chi connectivity index (χ0n) is 16.8. The monoisotopic (exact) mass is 404 g/mol. The number of rotatable bonds is 9. The number of carbonyl (C=O) groups excluding carboxylic acids is 1. The molecule has 0 unspecified atom stereocenters. The second kappa shape index (κ2) is 10.2. The lowest BCUT2D eigenvalue weighted by Gasteiger charge is -2.14. The van der Waals surface area contributed by atoms with Gasteiger partial charge in [-0.15, -0.1) is 10.2 Å². The van der Waals surface area contributed by atoms with Crippen LogP contribution in [-0.4, -0.2) is 27.7 Å². The number of aromatic nitrogens is 3. The number of nitrogens with one attached hydrogen (secondary N) is 2. The SMILES string of the molecule is C=CCOc1cccc(-c2nnc(CCC(=O)N[C@H](C)c3ccccc3)c(=O)[nH]2)c1. The molecule has 7 nitrogen and oxygen atoms in total. The number of aryl methyl sites for hydroxylation is 1. The second-order valence-corrected chi connectivity index (χ2v) is 6.78. The van der Waals surface area contributed by atoms with Gasteiger partial charge in [0.15, 0.2) is 5.82 Å². The normalized spacial score (nSPS) is 11.5. The van der Waals surface area contributed by atoms with Crippen LogP contribution in [0.5, 0.6) is 5.75 Å². The summed E-state index contributed by atoms with van der Waals surface area (Å²) < 4.78 is 5.50. The Bertz CT molecular complexity index is 1060. The molecule has 1 atom stereocenters. The molecule has 7 heteroatoms. The number of ether oxygens (including phenoxy) is 1. The molecule has 0 saturated carbocycles. The molecule has 0 radical (unpaired) electrons. The minimum atomic E-state index is -0.360. The summed E-state index contributed by atoms with van der Waals surface area (Å²) in [7, 11) is 0. The van der Waals surface area contributed by atoms with Crippen molar-refractivity contribution in [3.05, 3.63) is 88.9 Å². The quantitative estimate of drug-likeness (QED) is 0.534. The molecule has 0 bridgehead atoms. The fourth-order valence-corrected chi connectivity index (χ4v) is 2.91. The van der Waals surface area contributed by atoms with Crippen molar-refractivity contribution in [2.75, 3.05) is 6.61 Å². The topological polar surface area (TPSA) is 97.0 Å². The summed E-state index contributed by atoms with van der Waals surface area (Å²) in [4.78, 5) is 27.4. The standard InChI is InChI=1S/C23H24N4O3/c1-3-14-30-19-11-7-10-18(15-19)22-25-23(29)20(26-27-22)12-13-21(28)24-16(2)17-8-5-4-6-9-17/h3-11,15-16H,1,12-14H2,2H3,(H,24,28)(H,25,27,29)/t16-/m1/s1. The molecule has 0 aliphatic heterocycles. The van der Waals surface area contributed by atoms with Crippen LogP contribution in [0.15, 0.2) is 72.0 Å². The van der Waals surface area contributed by atoms with Crippen LogP contribution >= 0.6 is 0 Å². The molecule has 0 spiro atoms. The van der Waals surface area contributed by atoms with E-state index < -0.39 is 0 Å². The van der Waals surface area contributed by atoms with E-state index in [-0.39, 0.29) is 36.0 Å². The maximum Gasteiger partial charge on any atom is 0.273 e. The smallest absolute Gasteiger partial charge is 0.273 e. The summed E-state index contributed by atoms with van der Waals surface area (Å²) in [6.07, 6.45) is 2.01. The first-order valence-electron chi connectivity index (χ1n) is 9.71.